The fraction of sp³-hybridized carbons (Fsp3) is 0.684. The normalized spacial score (nSPS) is 23.0. The van der Waals surface area contributed by atoms with E-state index >= 15 is 0 Å². The number of hydrogen-bond donors (Lipinski definition) is 1. The van der Waals surface area contributed by atoms with Crippen LogP contribution in [0.5, 0.6) is 11.8 Å². The lowest BCUT2D eigenvalue weighted by Gasteiger charge is -2.44. The molecular formula is C19H29N3O3. The number of hydrogen-bond acceptors (Lipinski definition) is 5. The average molecular weight is 347 g/mol. The minimum atomic E-state index is 0.219. The second kappa shape index (κ2) is 8.52. The van der Waals surface area contributed by atoms with Gasteiger partial charge in [-0.1, -0.05) is 12.8 Å². The highest BCUT2D eigenvalue weighted by Crippen LogP contribution is 2.35. The van der Waals surface area contributed by atoms with Crippen molar-refractivity contribution < 1.29 is 14.3 Å². The van der Waals surface area contributed by atoms with Gasteiger partial charge in [-0.25, -0.2) is 0 Å². The molecule has 2 atom stereocenters. The standard InChI is InChI=1S/C19H29N3O3/c1-24-17-10-9-15(19(21-17)25-2)12-20-13-18(23)22-11-5-7-14-6-3-4-8-16(14)22/h9-10,14,16,20H,3-8,11-13H2,1-2H3/t14?,16-/m0/s1. The summed E-state index contributed by atoms with van der Waals surface area (Å²) in [5.74, 6) is 1.99. The van der Waals surface area contributed by atoms with Crippen molar-refractivity contribution in [3.8, 4) is 11.8 Å². The Kier molecular flexibility index (Phi) is 6.13. The van der Waals surface area contributed by atoms with E-state index in [0.29, 0.717) is 30.9 Å². The molecule has 1 saturated heterocycles. The van der Waals surface area contributed by atoms with Crippen molar-refractivity contribution in [3.63, 3.8) is 0 Å². The zero-order chi connectivity index (χ0) is 17.6. The Balaban J connectivity index is 1.54. The van der Waals surface area contributed by atoms with Gasteiger partial charge in [0.15, 0.2) is 0 Å². The predicted octanol–water partition coefficient (Wildman–Crippen LogP) is 2.37. The molecule has 138 valence electrons. The largest absolute Gasteiger partial charge is 0.481 e. The van der Waals surface area contributed by atoms with Crippen LogP contribution in [0.15, 0.2) is 12.1 Å². The quantitative estimate of drug-likeness (QED) is 0.856. The number of carbonyl (C=O) groups is 1. The van der Waals surface area contributed by atoms with E-state index < -0.39 is 0 Å². The molecule has 1 aromatic rings. The Morgan fingerprint density at radius 3 is 2.80 bits per heavy atom. The van der Waals surface area contributed by atoms with Crippen molar-refractivity contribution in [2.24, 2.45) is 5.92 Å². The number of ether oxygens (including phenoxy) is 2. The Morgan fingerprint density at radius 1 is 1.20 bits per heavy atom. The molecule has 6 nitrogen and oxygen atoms in total. The number of nitrogens with zero attached hydrogens (tertiary/aromatic N) is 2. The van der Waals surface area contributed by atoms with Crippen molar-refractivity contribution in [1.29, 1.82) is 0 Å². The summed E-state index contributed by atoms with van der Waals surface area (Å²) in [5.41, 5.74) is 0.922. The van der Waals surface area contributed by atoms with Crippen LogP contribution in [-0.4, -0.2) is 49.1 Å². The van der Waals surface area contributed by atoms with Crippen molar-refractivity contribution in [2.75, 3.05) is 27.3 Å². The highest BCUT2D eigenvalue weighted by Gasteiger charge is 2.35. The lowest BCUT2D eigenvalue weighted by Crippen LogP contribution is -2.51. The summed E-state index contributed by atoms with van der Waals surface area (Å²) in [6, 6.07) is 4.19. The third-order valence-corrected chi connectivity index (χ3v) is 5.47. The SMILES string of the molecule is COc1ccc(CNCC(=O)N2CCCC3CCCC[C@@H]32)c(OC)n1. The molecule has 3 rings (SSSR count). The number of nitrogens with one attached hydrogen (secondary N) is 1. The predicted molar refractivity (Wildman–Crippen MR) is 95.7 cm³/mol. The number of likely N-dealkylation sites (tertiary alicyclic amines) is 1. The van der Waals surface area contributed by atoms with E-state index in [1.807, 2.05) is 6.07 Å². The van der Waals surface area contributed by atoms with Gasteiger partial charge >= 0.3 is 0 Å². The van der Waals surface area contributed by atoms with E-state index in [1.165, 1.54) is 32.1 Å². The molecule has 25 heavy (non-hydrogen) atoms. The number of piperidine rings is 1. The van der Waals surface area contributed by atoms with E-state index in [-0.39, 0.29) is 5.91 Å². The minimum Gasteiger partial charge on any atom is -0.481 e. The number of aromatic nitrogens is 1. The summed E-state index contributed by atoms with van der Waals surface area (Å²) in [4.78, 5) is 19.1. The van der Waals surface area contributed by atoms with Gasteiger partial charge in [-0.05, 0) is 37.7 Å². The van der Waals surface area contributed by atoms with Gasteiger partial charge in [-0.3, -0.25) is 4.79 Å². The molecule has 2 fully saturated rings. The third-order valence-electron chi connectivity index (χ3n) is 5.47. The molecule has 0 radical (unpaired) electrons. The van der Waals surface area contributed by atoms with Gasteiger partial charge in [0.2, 0.25) is 17.7 Å². The molecule has 1 N–H and O–H groups in total. The summed E-state index contributed by atoms with van der Waals surface area (Å²) in [5, 5.41) is 3.25. The average Bonchev–Trinajstić information content (AvgIpc) is 2.67. The first-order chi connectivity index (χ1) is 12.2. The Bertz CT molecular complexity index is 591. The van der Waals surface area contributed by atoms with Crippen LogP contribution in [-0.2, 0) is 11.3 Å². The molecule has 0 aromatic carbocycles. The molecule has 6 heteroatoms. The topological polar surface area (TPSA) is 63.7 Å². The fourth-order valence-corrected chi connectivity index (χ4v) is 4.22. The van der Waals surface area contributed by atoms with Crippen LogP contribution in [0.3, 0.4) is 0 Å². The molecular weight excluding hydrogens is 318 g/mol. The van der Waals surface area contributed by atoms with Gasteiger partial charge < -0.3 is 19.7 Å². The monoisotopic (exact) mass is 347 g/mol. The van der Waals surface area contributed by atoms with Crippen LogP contribution in [0.1, 0.15) is 44.1 Å². The van der Waals surface area contributed by atoms with Gasteiger partial charge in [-0.15, -0.1) is 0 Å². The van der Waals surface area contributed by atoms with Crippen LogP contribution in [0.25, 0.3) is 0 Å². The molecule has 0 bridgehead atoms. The molecule has 1 aliphatic heterocycles. The van der Waals surface area contributed by atoms with Crippen LogP contribution in [0.4, 0.5) is 0 Å². The van der Waals surface area contributed by atoms with Crippen LogP contribution in [0.2, 0.25) is 0 Å². The maximum absolute atomic E-state index is 12.7. The molecule has 1 unspecified atom stereocenters. The number of carbonyl (C=O) groups excluding carboxylic acids is 1. The molecule has 1 aromatic heterocycles. The Morgan fingerprint density at radius 2 is 2.00 bits per heavy atom. The van der Waals surface area contributed by atoms with Crippen LogP contribution >= 0.6 is 0 Å². The van der Waals surface area contributed by atoms with E-state index in [0.717, 1.165) is 24.4 Å². The van der Waals surface area contributed by atoms with Gasteiger partial charge in [0.05, 0.1) is 20.8 Å². The molecule has 1 amide bonds. The lowest BCUT2D eigenvalue weighted by molar-refractivity contribution is -0.136. The number of methoxy groups -OCH3 is 2. The van der Waals surface area contributed by atoms with Crippen LogP contribution in [0, 0.1) is 5.92 Å². The molecule has 1 saturated carbocycles. The van der Waals surface area contributed by atoms with Crippen molar-refractivity contribution in [1.82, 2.24) is 15.2 Å². The summed E-state index contributed by atoms with van der Waals surface area (Å²) in [6.45, 7) is 1.82. The van der Waals surface area contributed by atoms with Gasteiger partial charge in [0.1, 0.15) is 0 Å². The van der Waals surface area contributed by atoms with Crippen molar-refractivity contribution in [2.45, 2.75) is 51.1 Å². The highest BCUT2D eigenvalue weighted by molar-refractivity contribution is 5.78. The smallest absolute Gasteiger partial charge is 0.236 e. The minimum absolute atomic E-state index is 0.219. The fourth-order valence-electron chi connectivity index (χ4n) is 4.22. The van der Waals surface area contributed by atoms with Crippen molar-refractivity contribution in [3.05, 3.63) is 17.7 Å². The molecule has 2 aliphatic rings. The van der Waals surface area contributed by atoms with Gasteiger partial charge in [0.25, 0.3) is 0 Å². The zero-order valence-corrected chi connectivity index (χ0v) is 15.3. The van der Waals surface area contributed by atoms with E-state index in [2.05, 4.69) is 15.2 Å². The number of pyridine rings is 1. The second-order valence-electron chi connectivity index (χ2n) is 6.97. The third kappa shape index (κ3) is 4.24. The zero-order valence-electron chi connectivity index (χ0n) is 15.3. The van der Waals surface area contributed by atoms with Crippen LogP contribution < -0.4 is 14.8 Å². The number of amides is 1. The Labute approximate surface area is 149 Å². The van der Waals surface area contributed by atoms with E-state index in [1.54, 1.807) is 20.3 Å². The number of rotatable bonds is 6. The first-order valence-corrected chi connectivity index (χ1v) is 9.31. The number of fused-ring (bicyclic) bond motifs is 1. The molecule has 2 heterocycles. The van der Waals surface area contributed by atoms with Crippen molar-refractivity contribution >= 4 is 5.91 Å². The van der Waals surface area contributed by atoms with E-state index in [4.69, 9.17) is 9.47 Å². The summed E-state index contributed by atoms with van der Waals surface area (Å²) < 4.78 is 10.4. The first-order valence-electron chi connectivity index (χ1n) is 9.31. The highest BCUT2D eigenvalue weighted by atomic mass is 16.5. The van der Waals surface area contributed by atoms with E-state index in [9.17, 15) is 4.79 Å². The van der Waals surface area contributed by atoms with Gasteiger partial charge in [0, 0.05) is 30.8 Å². The first kappa shape index (κ1) is 18.0. The maximum atomic E-state index is 12.7. The summed E-state index contributed by atoms with van der Waals surface area (Å²) in [7, 11) is 3.17. The molecule has 1 aliphatic carbocycles. The van der Waals surface area contributed by atoms with Gasteiger partial charge in [-0.2, -0.15) is 4.98 Å². The lowest BCUT2D eigenvalue weighted by atomic mass is 9.78. The maximum Gasteiger partial charge on any atom is 0.236 e. The Hall–Kier alpha value is -1.82. The summed E-state index contributed by atoms with van der Waals surface area (Å²) in [6.07, 6.45) is 7.47. The summed E-state index contributed by atoms with van der Waals surface area (Å²) >= 11 is 0. The molecule has 0 spiro atoms. The second-order valence-corrected chi connectivity index (χ2v) is 6.97.